The summed E-state index contributed by atoms with van der Waals surface area (Å²) in [5.41, 5.74) is 0.710. The highest BCUT2D eigenvalue weighted by Crippen LogP contribution is 2.05. The van der Waals surface area contributed by atoms with Crippen LogP contribution in [0.15, 0.2) is 18.3 Å². The van der Waals surface area contributed by atoms with Crippen LogP contribution >= 0.6 is 0 Å². The molecule has 0 saturated carbocycles. The molecule has 0 aromatic carbocycles. The Balaban J connectivity index is 2.69. The molecule has 0 fully saturated rings. The number of nitrogens with one attached hydrogen (secondary N) is 1. The van der Waals surface area contributed by atoms with Gasteiger partial charge in [0, 0.05) is 25.2 Å². The Morgan fingerprint density at radius 2 is 2.35 bits per heavy atom. The second-order valence-electron chi connectivity index (χ2n) is 4.07. The van der Waals surface area contributed by atoms with E-state index in [4.69, 9.17) is 6.42 Å². The fourth-order valence-corrected chi connectivity index (χ4v) is 1.76. The number of nitrogens with zero attached hydrogens (tertiary/aromatic N) is 1. The Hall–Kier alpha value is -1.69. The zero-order valence-corrected chi connectivity index (χ0v) is 10.6. The van der Waals surface area contributed by atoms with E-state index in [1.807, 2.05) is 29.8 Å². The predicted octanol–water partition coefficient (Wildman–Crippen LogP) is 2.43. The molecule has 1 aromatic heterocycles. The van der Waals surface area contributed by atoms with Crippen molar-refractivity contribution >= 4 is 5.91 Å². The monoisotopic (exact) mass is 232 g/mol. The third-order valence-electron chi connectivity index (χ3n) is 2.72. The Morgan fingerprint density at radius 3 is 2.94 bits per heavy atom. The van der Waals surface area contributed by atoms with Gasteiger partial charge in [0.05, 0.1) is 0 Å². The maximum absolute atomic E-state index is 12.0. The van der Waals surface area contributed by atoms with Crippen molar-refractivity contribution in [3.63, 3.8) is 0 Å². The lowest BCUT2D eigenvalue weighted by Crippen LogP contribution is -2.35. The molecular formula is C14H20N2O. The average Bonchev–Trinajstić information content (AvgIpc) is 2.77. The highest BCUT2D eigenvalue weighted by atomic mass is 16.2. The number of hydrogen-bond acceptors (Lipinski definition) is 1. The topological polar surface area (TPSA) is 34.0 Å². The van der Waals surface area contributed by atoms with E-state index >= 15 is 0 Å². The molecule has 0 saturated heterocycles. The minimum absolute atomic E-state index is 0.0365. The first-order valence-corrected chi connectivity index (χ1v) is 6.12. The van der Waals surface area contributed by atoms with Gasteiger partial charge in [0.2, 0.25) is 0 Å². The van der Waals surface area contributed by atoms with Crippen LogP contribution in [0.25, 0.3) is 0 Å². The molecular weight excluding hydrogens is 212 g/mol. The van der Waals surface area contributed by atoms with Crippen LogP contribution in [0.5, 0.6) is 0 Å². The Bertz CT molecular complexity index is 401. The van der Waals surface area contributed by atoms with E-state index in [1.54, 1.807) is 0 Å². The van der Waals surface area contributed by atoms with Crippen molar-refractivity contribution in [2.24, 2.45) is 0 Å². The second kappa shape index (κ2) is 6.80. The summed E-state index contributed by atoms with van der Waals surface area (Å²) in [7, 11) is 0. The van der Waals surface area contributed by atoms with Crippen molar-refractivity contribution in [3.8, 4) is 12.3 Å². The molecule has 1 unspecified atom stereocenters. The molecule has 1 N–H and O–H groups in total. The van der Waals surface area contributed by atoms with Gasteiger partial charge in [-0.1, -0.05) is 13.8 Å². The van der Waals surface area contributed by atoms with Crippen molar-refractivity contribution in [1.29, 1.82) is 0 Å². The fraction of sp³-hybridized carbons (Fsp3) is 0.500. The van der Waals surface area contributed by atoms with Crippen LogP contribution in [0.2, 0.25) is 0 Å². The molecule has 0 radical (unpaired) electrons. The average molecular weight is 232 g/mol. The van der Waals surface area contributed by atoms with E-state index in [0.29, 0.717) is 12.1 Å². The third kappa shape index (κ3) is 3.67. The number of aryl methyl sites for hydroxylation is 1. The van der Waals surface area contributed by atoms with Gasteiger partial charge in [-0.25, -0.2) is 0 Å². The van der Waals surface area contributed by atoms with Gasteiger partial charge in [-0.05, 0) is 25.0 Å². The quantitative estimate of drug-likeness (QED) is 0.751. The number of aromatic nitrogens is 1. The summed E-state index contributed by atoms with van der Waals surface area (Å²) in [5.74, 6) is 2.55. The lowest BCUT2D eigenvalue weighted by atomic mass is 10.1. The summed E-state index contributed by atoms with van der Waals surface area (Å²) >= 11 is 0. The smallest absolute Gasteiger partial charge is 0.268 e. The van der Waals surface area contributed by atoms with E-state index in [-0.39, 0.29) is 11.9 Å². The zero-order valence-electron chi connectivity index (χ0n) is 10.6. The highest BCUT2D eigenvalue weighted by Gasteiger charge is 2.14. The molecule has 3 nitrogen and oxygen atoms in total. The molecule has 17 heavy (non-hydrogen) atoms. The molecule has 92 valence electrons. The number of amides is 1. The van der Waals surface area contributed by atoms with Gasteiger partial charge in [-0.2, -0.15) is 0 Å². The van der Waals surface area contributed by atoms with Crippen molar-refractivity contribution in [3.05, 3.63) is 24.0 Å². The lowest BCUT2D eigenvalue weighted by molar-refractivity contribution is 0.0927. The molecule has 0 bridgehead atoms. The van der Waals surface area contributed by atoms with Crippen molar-refractivity contribution < 1.29 is 4.79 Å². The first kappa shape index (κ1) is 13.4. The standard InChI is InChI=1S/C14H20N2O/c1-4-8-12(6-3)15-14(17)13-9-7-11-16(13)10-5-2/h1,7,9,11-12H,5-6,8,10H2,2-3H3,(H,15,17). The van der Waals surface area contributed by atoms with Gasteiger partial charge in [0.15, 0.2) is 0 Å². The third-order valence-corrected chi connectivity index (χ3v) is 2.72. The number of carbonyl (C=O) groups is 1. The minimum atomic E-state index is -0.0365. The summed E-state index contributed by atoms with van der Waals surface area (Å²) in [5, 5.41) is 2.97. The fourth-order valence-electron chi connectivity index (χ4n) is 1.76. The van der Waals surface area contributed by atoms with Crippen LogP contribution in [0, 0.1) is 12.3 Å². The van der Waals surface area contributed by atoms with Crippen LogP contribution in [0.4, 0.5) is 0 Å². The van der Waals surface area contributed by atoms with E-state index < -0.39 is 0 Å². The molecule has 3 heteroatoms. The van der Waals surface area contributed by atoms with E-state index in [9.17, 15) is 4.79 Å². The minimum Gasteiger partial charge on any atom is -0.347 e. The SMILES string of the molecule is C#CCC(CC)NC(=O)c1cccn1CCC. The zero-order chi connectivity index (χ0) is 12.7. The number of terminal acetylenes is 1. The van der Waals surface area contributed by atoms with E-state index in [1.165, 1.54) is 0 Å². The van der Waals surface area contributed by atoms with Crippen molar-refractivity contribution in [1.82, 2.24) is 9.88 Å². The van der Waals surface area contributed by atoms with E-state index in [2.05, 4.69) is 18.2 Å². The van der Waals surface area contributed by atoms with Crippen LogP contribution in [0.1, 0.15) is 43.6 Å². The molecule has 0 spiro atoms. The number of carbonyl (C=O) groups excluding carboxylic acids is 1. The van der Waals surface area contributed by atoms with Gasteiger partial charge in [-0.3, -0.25) is 4.79 Å². The van der Waals surface area contributed by atoms with Crippen LogP contribution in [-0.4, -0.2) is 16.5 Å². The van der Waals surface area contributed by atoms with Crippen molar-refractivity contribution in [2.75, 3.05) is 0 Å². The maximum atomic E-state index is 12.0. The summed E-state index contributed by atoms with van der Waals surface area (Å²) in [6, 6.07) is 3.80. The van der Waals surface area contributed by atoms with Crippen LogP contribution in [0.3, 0.4) is 0 Å². The van der Waals surface area contributed by atoms with Crippen LogP contribution in [-0.2, 0) is 6.54 Å². The Labute approximate surface area is 103 Å². The number of hydrogen-bond donors (Lipinski definition) is 1. The second-order valence-corrected chi connectivity index (χ2v) is 4.07. The molecule has 1 aromatic rings. The summed E-state index contributed by atoms with van der Waals surface area (Å²) in [6.07, 6.45) is 9.64. The molecule has 1 heterocycles. The molecule has 1 amide bonds. The molecule has 1 rings (SSSR count). The van der Waals surface area contributed by atoms with Crippen molar-refractivity contribution in [2.45, 2.75) is 45.7 Å². The van der Waals surface area contributed by atoms with Gasteiger partial charge >= 0.3 is 0 Å². The van der Waals surface area contributed by atoms with E-state index in [0.717, 1.165) is 19.4 Å². The van der Waals surface area contributed by atoms with Gasteiger partial charge in [0.25, 0.3) is 5.91 Å². The largest absolute Gasteiger partial charge is 0.347 e. The van der Waals surface area contributed by atoms with Gasteiger partial charge < -0.3 is 9.88 Å². The molecule has 1 atom stereocenters. The Kier molecular flexibility index (Phi) is 5.35. The highest BCUT2D eigenvalue weighted by molar-refractivity contribution is 5.92. The summed E-state index contributed by atoms with van der Waals surface area (Å²) in [6.45, 7) is 4.98. The maximum Gasteiger partial charge on any atom is 0.268 e. The summed E-state index contributed by atoms with van der Waals surface area (Å²) < 4.78 is 1.97. The first-order chi connectivity index (χ1) is 8.22. The predicted molar refractivity (Wildman–Crippen MR) is 69.7 cm³/mol. The molecule has 0 aliphatic rings. The number of rotatable bonds is 6. The first-order valence-electron chi connectivity index (χ1n) is 6.12. The van der Waals surface area contributed by atoms with Gasteiger partial charge in [-0.15, -0.1) is 12.3 Å². The van der Waals surface area contributed by atoms with Crippen LogP contribution < -0.4 is 5.32 Å². The molecule has 0 aliphatic carbocycles. The molecule has 0 aliphatic heterocycles. The summed E-state index contributed by atoms with van der Waals surface area (Å²) in [4.78, 5) is 12.0. The van der Waals surface area contributed by atoms with Gasteiger partial charge in [0.1, 0.15) is 5.69 Å². The lowest BCUT2D eigenvalue weighted by Gasteiger charge is -2.15. The Morgan fingerprint density at radius 1 is 1.59 bits per heavy atom. The normalized spacial score (nSPS) is 11.8.